The number of carbonyl (C=O) groups is 1. The molecule has 1 saturated carbocycles. The Bertz CT molecular complexity index is 234. The third-order valence-electron chi connectivity index (χ3n) is 4.18. The van der Waals surface area contributed by atoms with Crippen LogP contribution in [0.25, 0.3) is 0 Å². The molecule has 1 aliphatic heterocycles. The molecule has 0 N–H and O–H groups in total. The molecule has 2 atom stereocenters. The van der Waals surface area contributed by atoms with E-state index in [-0.39, 0.29) is 5.60 Å². The molecular formula is C12H20O2. The first kappa shape index (κ1) is 10.2. The van der Waals surface area contributed by atoms with E-state index in [4.69, 9.17) is 4.74 Å². The minimum atomic E-state index is -0.494. The summed E-state index contributed by atoms with van der Waals surface area (Å²) in [6.07, 6.45) is 7.95. The smallest absolute Gasteiger partial charge is 0.151 e. The molecule has 14 heavy (non-hydrogen) atoms. The Labute approximate surface area is 86.0 Å². The zero-order valence-electron chi connectivity index (χ0n) is 9.21. The van der Waals surface area contributed by atoms with Crippen LogP contribution in [0.5, 0.6) is 0 Å². The number of hydrogen-bond acceptors (Lipinski definition) is 2. The second-order valence-electron chi connectivity index (χ2n) is 5.08. The lowest BCUT2D eigenvalue weighted by molar-refractivity contribution is -0.154. The normalized spacial score (nSPS) is 43.6. The van der Waals surface area contributed by atoms with Crippen molar-refractivity contribution in [3.8, 4) is 0 Å². The van der Waals surface area contributed by atoms with Gasteiger partial charge in [-0.1, -0.05) is 13.3 Å². The van der Waals surface area contributed by atoms with Crippen LogP contribution in [0, 0.1) is 5.92 Å². The number of aldehydes is 1. The van der Waals surface area contributed by atoms with Gasteiger partial charge in [-0.2, -0.15) is 0 Å². The molecule has 2 aliphatic rings. The summed E-state index contributed by atoms with van der Waals surface area (Å²) >= 11 is 0. The van der Waals surface area contributed by atoms with E-state index < -0.39 is 5.60 Å². The second-order valence-corrected chi connectivity index (χ2v) is 5.08. The van der Waals surface area contributed by atoms with Gasteiger partial charge in [-0.3, -0.25) is 0 Å². The zero-order chi connectivity index (χ0) is 10.2. The monoisotopic (exact) mass is 196 g/mol. The van der Waals surface area contributed by atoms with Gasteiger partial charge in [0.2, 0.25) is 0 Å². The predicted octanol–water partition coefficient (Wildman–Crippen LogP) is 2.70. The van der Waals surface area contributed by atoms with Crippen molar-refractivity contribution < 1.29 is 9.53 Å². The van der Waals surface area contributed by atoms with Gasteiger partial charge in [-0.15, -0.1) is 0 Å². The third-order valence-corrected chi connectivity index (χ3v) is 4.18. The zero-order valence-corrected chi connectivity index (χ0v) is 9.21. The number of hydrogen-bond donors (Lipinski definition) is 0. The van der Waals surface area contributed by atoms with Crippen LogP contribution < -0.4 is 0 Å². The average molecular weight is 196 g/mol. The molecule has 1 saturated heterocycles. The van der Waals surface area contributed by atoms with Crippen molar-refractivity contribution in [2.45, 2.75) is 63.6 Å². The average Bonchev–Trinajstić information content (AvgIpc) is 2.43. The highest BCUT2D eigenvalue weighted by atomic mass is 16.5. The van der Waals surface area contributed by atoms with Crippen molar-refractivity contribution in [3.63, 3.8) is 0 Å². The molecule has 2 unspecified atom stereocenters. The fourth-order valence-electron chi connectivity index (χ4n) is 2.87. The molecule has 0 aromatic heterocycles. The standard InChI is InChI=1S/C12H20O2/c1-3-12(10-5-4-6-10)8-7-11(2,9-13)14-12/h9-10H,3-8H2,1-2H3. The largest absolute Gasteiger partial charge is 0.361 e. The van der Waals surface area contributed by atoms with E-state index in [1.165, 1.54) is 19.3 Å². The molecule has 0 aromatic carbocycles. The van der Waals surface area contributed by atoms with Gasteiger partial charge in [0.25, 0.3) is 0 Å². The maximum absolute atomic E-state index is 10.9. The molecule has 0 bridgehead atoms. The molecule has 2 nitrogen and oxygen atoms in total. The molecule has 2 rings (SSSR count). The van der Waals surface area contributed by atoms with Crippen molar-refractivity contribution in [2.75, 3.05) is 0 Å². The van der Waals surface area contributed by atoms with E-state index in [9.17, 15) is 4.79 Å². The van der Waals surface area contributed by atoms with E-state index in [0.717, 1.165) is 25.5 Å². The summed E-state index contributed by atoms with van der Waals surface area (Å²) in [5.41, 5.74) is -0.459. The number of ether oxygens (including phenoxy) is 1. The van der Waals surface area contributed by atoms with E-state index in [1.54, 1.807) is 0 Å². The summed E-state index contributed by atoms with van der Waals surface area (Å²) in [7, 11) is 0. The van der Waals surface area contributed by atoms with Crippen LogP contribution in [0.1, 0.15) is 52.4 Å². The lowest BCUT2D eigenvalue weighted by Gasteiger charge is -2.42. The Balaban J connectivity index is 2.11. The molecule has 0 radical (unpaired) electrons. The molecule has 2 heteroatoms. The van der Waals surface area contributed by atoms with Crippen LogP contribution >= 0.6 is 0 Å². The number of carbonyl (C=O) groups excluding carboxylic acids is 1. The Morgan fingerprint density at radius 2 is 2.14 bits per heavy atom. The van der Waals surface area contributed by atoms with Crippen LogP contribution in [-0.2, 0) is 9.53 Å². The molecule has 0 spiro atoms. The maximum atomic E-state index is 10.9. The summed E-state index contributed by atoms with van der Waals surface area (Å²) in [6.45, 7) is 4.12. The van der Waals surface area contributed by atoms with Gasteiger partial charge >= 0.3 is 0 Å². The molecule has 80 valence electrons. The Hall–Kier alpha value is -0.370. The van der Waals surface area contributed by atoms with Crippen molar-refractivity contribution >= 4 is 6.29 Å². The van der Waals surface area contributed by atoms with Crippen molar-refractivity contribution in [3.05, 3.63) is 0 Å². The molecule has 1 aliphatic carbocycles. The summed E-state index contributed by atoms with van der Waals surface area (Å²) in [6, 6.07) is 0. The van der Waals surface area contributed by atoms with Crippen LogP contribution in [-0.4, -0.2) is 17.5 Å². The Kier molecular flexibility index (Phi) is 2.42. The highest BCUT2D eigenvalue weighted by molar-refractivity contribution is 5.62. The molecule has 2 fully saturated rings. The minimum absolute atomic E-state index is 0.0356. The van der Waals surface area contributed by atoms with Gasteiger partial charge in [-0.05, 0) is 44.9 Å². The molecule has 0 amide bonds. The first-order valence-electron chi connectivity index (χ1n) is 5.81. The third kappa shape index (κ3) is 1.40. The lowest BCUT2D eigenvalue weighted by Crippen LogP contribution is -2.43. The predicted molar refractivity (Wildman–Crippen MR) is 55.2 cm³/mol. The summed E-state index contributed by atoms with van der Waals surface area (Å²) in [5, 5.41) is 0. The molecular weight excluding hydrogens is 176 g/mol. The molecule has 0 aromatic rings. The highest BCUT2D eigenvalue weighted by Crippen LogP contribution is 2.50. The topological polar surface area (TPSA) is 26.3 Å². The van der Waals surface area contributed by atoms with Gasteiger partial charge in [0.15, 0.2) is 6.29 Å². The first-order chi connectivity index (χ1) is 6.64. The fourth-order valence-corrected chi connectivity index (χ4v) is 2.87. The van der Waals surface area contributed by atoms with Crippen molar-refractivity contribution in [1.82, 2.24) is 0 Å². The van der Waals surface area contributed by atoms with Gasteiger partial charge in [0, 0.05) is 0 Å². The SMILES string of the molecule is CCC1(C2CCC2)CCC(C)(C=O)O1. The van der Waals surface area contributed by atoms with E-state index in [0.29, 0.717) is 5.92 Å². The van der Waals surface area contributed by atoms with Crippen molar-refractivity contribution in [1.29, 1.82) is 0 Å². The Morgan fingerprint density at radius 1 is 1.43 bits per heavy atom. The Morgan fingerprint density at radius 3 is 2.50 bits per heavy atom. The van der Waals surface area contributed by atoms with Crippen LogP contribution in [0.15, 0.2) is 0 Å². The van der Waals surface area contributed by atoms with E-state index in [2.05, 4.69) is 6.92 Å². The maximum Gasteiger partial charge on any atom is 0.151 e. The van der Waals surface area contributed by atoms with Gasteiger partial charge in [0.1, 0.15) is 5.60 Å². The van der Waals surface area contributed by atoms with E-state index in [1.807, 2.05) is 6.92 Å². The van der Waals surface area contributed by atoms with Crippen molar-refractivity contribution in [2.24, 2.45) is 5.92 Å². The summed E-state index contributed by atoms with van der Waals surface area (Å²) in [5.74, 6) is 0.717. The van der Waals surface area contributed by atoms with Gasteiger partial charge in [0.05, 0.1) is 5.60 Å². The van der Waals surface area contributed by atoms with Crippen LogP contribution in [0.4, 0.5) is 0 Å². The van der Waals surface area contributed by atoms with Crippen LogP contribution in [0.3, 0.4) is 0 Å². The van der Waals surface area contributed by atoms with Crippen LogP contribution in [0.2, 0.25) is 0 Å². The minimum Gasteiger partial charge on any atom is -0.361 e. The molecule has 1 heterocycles. The van der Waals surface area contributed by atoms with Gasteiger partial charge in [-0.25, -0.2) is 0 Å². The summed E-state index contributed by atoms with van der Waals surface area (Å²) in [4.78, 5) is 10.9. The summed E-state index contributed by atoms with van der Waals surface area (Å²) < 4.78 is 6.07. The lowest BCUT2D eigenvalue weighted by atomic mass is 9.70. The van der Waals surface area contributed by atoms with E-state index >= 15 is 0 Å². The number of rotatable bonds is 3. The highest BCUT2D eigenvalue weighted by Gasteiger charge is 2.51. The fraction of sp³-hybridized carbons (Fsp3) is 0.917. The second kappa shape index (κ2) is 3.34. The quantitative estimate of drug-likeness (QED) is 0.649. The van der Waals surface area contributed by atoms with Gasteiger partial charge < -0.3 is 9.53 Å². The first-order valence-corrected chi connectivity index (χ1v) is 5.81.